The summed E-state index contributed by atoms with van der Waals surface area (Å²) in [5, 5.41) is 13.3. The summed E-state index contributed by atoms with van der Waals surface area (Å²) < 4.78 is 1.92. The maximum absolute atomic E-state index is 11.9. The van der Waals surface area contributed by atoms with Gasteiger partial charge in [0, 0.05) is 38.0 Å². The van der Waals surface area contributed by atoms with Crippen LogP contribution >= 0.6 is 0 Å². The molecule has 4 heterocycles. The second kappa shape index (κ2) is 5.43. The second-order valence-electron chi connectivity index (χ2n) is 7.20. The van der Waals surface area contributed by atoms with E-state index in [0.29, 0.717) is 17.9 Å². The molecule has 0 bridgehead atoms. The lowest BCUT2D eigenvalue weighted by molar-refractivity contribution is -0.130. The van der Waals surface area contributed by atoms with Gasteiger partial charge in [-0.05, 0) is 44.2 Å². The smallest absolute Gasteiger partial charge is 0.222 e. The molecule has 0 N–H and O–H groups in total. The van der Waals surface area contributed by atoms with Crippen molar-refractivity contribution in [3.63, 3.8) is 0 Å². The van der Waals surface area contributed by atoms with E-state index >= 15 is 0 Å². The molecule has 2 aromatic rings. The Morgan fingerprint density at radius 2 is 1.83 bits per heavy atom. The number of rotatable bonds is 3. The fourth-order valence-electron chi connectivity index (χ4n) is 4.02. The van der Waals surface area contributed by atoms with Crippen LogP contribution in [0.5, 0.6) is 0 Å². The average Bonchev–Trinajstić information content (AvgIpc) is 3.23. The summed E-state index contributed by atoms with van der Waals surface area (Å²) in [7, 11) is 0. The third-order valence-electron chi connectivity index (χ3n) is 5.55. The molecule has 1 amide bonds. The van der Waals surface area contributed by atoms with E-state index in [-0.39, 0.29) is 0 Å². The minimum absolute atomic E-state index is 0.339. The Morgan fingerprint density at radius 3 is 2.54 bits per heavy atom. The predicted molar refractivity (Wildman–Crippen MR) is 88.9 cm³/mol. The summed E-state index contributed by atoms with van der Waals surface area (Å²) in [5.74, 6) is 2.88. The molecule has 0 aromatic carbocycles. The van der Waals surface area contributed by atoms with Crippen molar-refractivity contribution >= 4 is 17.4 Å². The minimum atomic E-state index is 0.339. The number of carbonyl (C=O) groups is 1. The van der Waals surface area contributed by atoms with Crippen molar-refractivity contribution in [3.05, 3.63) is 18.0 Å². The number of fused-ring (bicyclic) bond motifs is 1. The van der Waals surface area contributed by atoms with E-state index in [4.69, 9.17) is 5.10 Å². The maximum atomic E-state index is 11.9. The highest BCUT2D eigenvalue weighted by molar-refractivity contribution is 5.78. The highest BCUT2D eigenvalue weighted by atomic mass is 16.2. The van der Waals surface area contributed by atoms with Gasteiger partial charge in [0.2, 0.25) is 5.91 Å². The van der Waals surface area contributed by atoms with Gasteiger partial charge in [-0.3, -0.25) is 4.79 Å². The first kappa shape index (κ1) is 14.2. The van der Waals surface area contributed by atoms with Crippen LogP contribution in [0.15, 0.2) is 12.1 Å². The van der Waals surface area contributed by atoms with Crippen molar-refractivity contribution in [2.75, 3.05) is 24.5 Å². The monoisotopic (exact) mass is 326 g/mol. The molecule has 3 aliphatic rings. The minimum Gasteiger partial charge on any atom is -0.355 e. The van der Waals surface area contributed by atoms with Crippen molar-refractivity contribution in [3.8, 4) is 0 Å². The van der Waals surface area contributed by atoms with Gasteiger partial charge in [-0.15, -0.1) is 15.3 Å². The molecule has 126 valence electrons. The lowest BCUT2D eigenvalue weighted by Gasteiger charge is -2.37. The fourth-order valence-corrected chi connectivity index (χ4v) is 4.02. The number of nitrogens with zero attached hydrogens (tertiary/aromatic N) is 6. The molecule has 0 atom stereocenters. The van der Waals surface area contributed by atoms with Gasteiger partial charge in [0.1, 0.15) is 5.82 Å². The van der Waals surface area contributed by atoms with Crippen molar-refractivity contribution in [1.29, 1.82) is 0 Å². The number of anilines is 1. The van der Waals surface area contributed by atoms with Gasteiger partial charge in [-0.2, -0.15) is 4.52 Å². The Bertz CT molecular complexity index is 774. The van der Waals surface area contributed by atoms with Gasteiger partial charge < -0.3 is 9.80 Å². The van der Waals surface area contributed by atoms with Crippen LogP contribution in [0.3, 0.4) is 0 Å². The van der Waals surface area contributed by atoms with E-state index in [0.717, 1.165) is 62.6 Å². The highest BCUT2D eigenvalue weighted by Crippen LogP contribution is 2.38. The molecule has 2 saturated heterocycles. The zero-order valence-electron chi connectivity index (χ0n) is 13.8. The molecule has 2 aliphatic heterocycles. The van der Waals surface area contributed by atoms with Gasteiger partial charge in [-0.25, -0.2) is 0 Å². The summed E-state index contributed by atoms with van der Waals surface area (Å²) in [6, 6.07) is 4.47. The molecule has 5 rings (SSSR count). The van der Waals surface area contributed by atoms with E-state index in [1.165, 1.54) is 12.8 Å². The van der Waals surface area contributed by atoms with Crippen LogP contribution in [-0.4, -0.2) is 56.3 Å². The molecule has 7 nitrogen and oxygen atoms in total. The first-order chi connectivity index (χ1) is 11.8. The summed E-state index contributed by atoms with van der Waals surface area (Å²) >= 11 is 0. The molecule has 1 saturated carbocycles. The SMILES string of the molecule is O=C1CCCN1C1CCN(c2ccc3nnc(C4CC4)n3n2)CC1. The molecule has 1 aliphatic carbocycles. The van der Waals surface area contributed by atoms with Crippen LogP contribution in [0.2, 0.25) is 0 Å². The van der Waals surface area contributed by atoms with Gasteiger partial charge >= 0.3 is 0 Å². The molecular formula is C17H22N6O. The third kappa shape index (κ3) is 2.34. The standard InChI is InChI=1S/C17H22N6O/c24-16-2-1-9-22(16)13-7-10-21(11-8-13)15-6-5-14-18-19-17(12-3-4-12)23(14)20-15/h5-6,12-13H,1-4,7-11H2. The van der Waals surface area contributed by atoms with E-state index in [9.17, 15) is 4.79 Å². The van der Waals surface area contributed by atoms with Crippen molar-refractivity contribution < 1.29 is 4.79 Å². The normalized spacial score (nSPS) is 22.8. The van der Waals surface area contributed by atoms with Crippen LogP contribution in [0.4, 0.5) is 5.82 Å². The zero-order valence-corrected chi connectivity index (χ0v) is 13.8. The lowest BCUT2D eigenvalue weighted by Crippen LogP contribution is -2.45. The Morgan fingerprint density at radius 1 is 1.00 bits per heavy atom. The van der Waals surface area contributed by atoms with Gasteiger partial charge in [0.05, 0.1) is 0 Å². The number of hydrogen-bond donors (Lipinski definition) is 0. The van der Waals surface area contributed by atoms with Crippen LogP contribution < -0.4 is 4.90 Å². The molecule has 0 radical (unpaired) electrons. The summed E-state index contributed by atoms with van der Waals surface area (Å²) in [6.45, 7) is 2.85. The largest absolute Gasteiger partial charge is 0.355 e. The molecule has 0 spiro atoms. The quantitative estimate of drug-likeness (QED) is 0.857. The van der Waals surface area contributed by atoms with E-state index in [2.05, 4.69) is 20.0 Å². The Kier molecular flexibility index (Phi) is 3.21. The number of aromatic nitrogens is 4. The Labute approximate surface area is 140 Å². The van der Waals surface area contributed by atoms with Crippen molar-refractivity contribution in [1.82, 2.24) is 24.7 Å². The van der Waals surface area contributed by atoms with Crippen LogP contribution in [0, 0.1) is 0 Å². The first-order valence-electron chi connectivity index (χ1n) is 9.06. The Balaban J connectivity index is 1.33. The Hall–Kier alpha value is -2.18. The molecule has 0 unspecified atom stereocenters. The number of hydrogen-bond acceptors (Lipinski definition) is 5. The van der Waals surface area contributed by atoms with E-state index in [1.54, 1.807) is 0 Å². The van der Waals surface area contributed by atoms with E-state index in [1.807, 2.05) is 16.6 Å². The molecule has 7 heteroatoms. The molecular weight excluding hydrogens is 304 g/mol. The van der Waals surface area contributed by atoms with Crippen LogP contribution in [0.25, 0.3) is 5.65 Å². The first-order valence-corrected chi connectivity index (χ1v) is 9.06. The molecule has 24 heavy (non-hydrogen) atoms. The van der Waals surface area contributed by atoms with Gasteiger partial charge in [0.15, 0.2) is 11.5 Å². The van der Waals surface area contributed by atoms with Gasteiger partial charge in [-0.1, -0.05) is 0 Å². The maximum Gasteiger partial charge on any atom is 0.222 e. The van der Waals surface area contributed by atoms with Crippen molar-refractivity contribution in [2.24, 2.45) is 0 Å². The number of likely N-dealkylation sites (tertiary alicyclic amines) is 1. The van der Waals surface area contributed by atoms with Crippen molar-refractivity contribution in [2.45, 2.75) is 50.5 Å². The number of piperidine rings is 1. The van der Waals surface area contributed by atoms with E-state index < -0.39 is 0 Å². The lowest BCUT2D eigenvalue weighted by atomic mass is 10.0. The summed E-state index contributed by atoms with van der Waals surface area (Å²) in [5.41, 5.74) is 0.832. The summed E-state index contributed by atoms with van der Waals surface area (Å²) in [6.07, 6.45) is 6.21. The third-order valence-corrected chi connectivity index (χ3v) is 5.55. The predicted octanol–water partition coefficient (Wildman–Crippen LogP) is 1.59. The van der Waals surface area contributed by atoms with Crippen LogP contribution in [-0.2, 0) is 4.79 Å². The number of amides is 1. The highest BCUT2D eigenvalue weighted by Gasteiger charge is 2.32. The topological polar surface area (TPSA) is 66.6 Å². The number of carbonyl (C=O) groups excluding carboxylic acids is 1. The van der Waals surface area contributed by atoms with Gasteiger partial charge in [0.25, 0.3) is 0 Å². The zero-order chi connectivity index (χ0) is 16.1. The fraction of sp³-hybridized carbons (Fsp3) is 0.647. The molecule has 3 fully saturated rings. The average molecular weight is 326 g/mol. The van der Waals surface area contributed by atoms with Crippen LogP contribution in [0.1, 0.15) is 50.3 Å². The second-order valence-corrected chi connectivity index (χ2v) is 7.20. The summed E-state index contributed by atoms with van der Waals surface area (Å²) in [4.78, 5) is 16.4. The molecule has 2 aromatic heterocycles.